The molecule has 2 aromatic carbocycles. The van der Waals surface area contributed by atoms with E-state index in [1.54, 1.807) is 0 Å². The molecule has 2 fully saturated rings. The van der Waals surface area contributed by atoms with E-state index in [0.717, 1.165) is 24.1 Å². The average molecular weight is 416 g/mol. The van der Waals surface area contributed by atoms with Crippen molar-refractivity contribution < 1.29 is 14.3 Å². The minimum absolute atomic E-state index is 0. The SMILES string of the molecule is Cl.N[C@@H]1C[C@H]1c1ccc(NC(=O)C2CCCN2C(=O)OCc2ccccc2)cc1. The Morgan fingerprint density at radius 1 is 1.10 bits per heavy atom. The second-order valence-electron chi connectivity index (χ2n) is 7.51. The molecular formula is C22H26ClN3O3. The fourth-order valence-corrected chi connectivity index (χ4v) is 3.70. The molecule has 3 N–H and O–H groups in total. The number of nitrogens with zero attached hydrogens (tertiary/aromatic N) is 1. The first-order valence-corrected chi connectivity index (χ1v) is 9.75. The van der Waals surface area contributed by atoms with Crippen LogP contribution in [0.25, 0.3) is 0 Å². The van der Waals surface area contributed by atoms with Crippen molar-refractivity contribution in [2.75, 3.05) is 11.9 Å². The van der Waals surface area contributed by atoms with E-state index in [2.05, 4.69) is 5.32 Å². The molecule has 0 radical (unpaired) electrons. The van der Waals surface area contributed by atoms with Crippen molar-refractivity contribution in [1.29, 1.82) is 0 Å². The number of amides is 2. The second kappa shape index (κ2) is 9.29. The molecular weight excluding hydrogens is 390 g/mol. The van der Waals surface area contributed by atoms with Gasteiger partial charge in [0.2, 0.25) is 5.91 Å². The number of likely N-dealkylation sites (tertiary alicyclic amines) is 1. The average Bonchev–Trinajstić information content (AvgIpc) is 3.24. The van der Waals surface area contributed by atoms with E-state index in [-0.39, 0.29) is 31.0 Å². The lowest BCUT2D eigenvalue weighted by Crippen LogP contribution is -2.43. The van der Waals surface area contributed by atoms with Crippen molar-refractivity contribution in [2.24, 2.45) is 5.73 Å². The molecule has 4 rings (SSSR count). The Bertz CT molecular complexity index is 844. The van der Waals surface area contributed by atoms with Crippen LogP contribution < -0.4 is 11.1 Å². The smallest absolute Gasteiger partial charge is 0.410 e. The Kier molecular flexibility index (Phi) is 6.77. The van der Waals surface area contributed by atoms with E-state index >= 15 is 0 Å². The zero-order valence-electron chi connectivity index (χ0n) is 16.1. The number of benzene rings is 2. The number of nitrogens with one attached hydrogen (secondary N) is 1. The van der Waals surface area contributed by atoms with Gasteiger partial charge in [0, 0.05) is 24.2 Å². The predicted octanol–water partition coefficient (Wildman–Crippen LogP) is 3.66. The van der Waals surface area contributed by atoms with E-state index < -0.39 is 12.1 Å². The van der Waals surface area contributed by atoms with E-state index in [9.17, 15) is 9.59 Å². The van der Waals surface area contributed by atoms with E-state index in [0.29, 0.717) is 18.9 Å². The summed E-state index contributed by atoms with van der Waals surface area (Å²) >= 11 is 0. The fraction of sp³-hybridized carbons (Fsp3) is 0.364. The zero-order valence-corrected chi connectivity index (χ0v) is 16.9. The summed E-state index contributed by atoms with van der Waals surface area (Å²) in [7, 11) is 0. The Labute approximate surface area is 176 Å². The van der Waals surface area contributed by atoms with Gasteiger partial charge in [0.1, 0.15) is 12.6 Å². The summed E-state index contributed by atoms with van der Waals surface area (Å²) in [6.07, 6.45) is 2.01. The molecule has 6 nitrogen and oxygen atoms in total. The molecule has 2 aromatic rings. The molecule has 29 heavy (non-hydrogen) atoms. The number of hydrogen-bond acceptors (Lipinski definition) is 4. The Morgan fingerprint density at radius 2 is 1.79 bits per heavy atom. The highest BCUT2D eigenvalue weighted by Gasteiger charge is 2.36. The lowest BCUT2D eigenvalue weighted by Gasteiger charge is -2.23. The molecule has 1 heterocycles. The van der Waals surface area contributed by atoms with E-state index in [4.69, 9.17) is 10.5 Å². The van der Waals surface area contributed by atoms with Crippen LogP contribution in [0.5, 0.6) is 0 Å². The Hall–Kier alpha value is -2.57. The van der Waals surface area contributed by atoms with Gasteiger partial charge in [-0.2, -0.15) is 0 Å². The first-order chi connectivity index (χ1) is 13.6. The van der Waals surface area contributed by atoms with Crippen LogP contribution in [-0.2, 0) is 16.1 Å². The molecule has 154 valence electrons. The molecule has 3 atom stereocenters. The first-order valence-electron chi connectivity index (χ1n) is 9.75. The Morgan fingerprint density at radius 3 is 2.45 bits per heavy atom. The minimum atomic E-state index is -0.500. The molecule has 0 aromatic heterocycles. The number of ether oxygens (including phenoxy) is 1. The van der Waals surface area contributed by atoms with Crippen LogP contribution in [0.2, 0.25) is 0 Å². The van der Waals surface area contributed by atoms with Crippen LogP contribution in [-0.4, -0.2) is 35.5 Å². The molecule has 2 amide bonds. The van der Waals surface area contributed by atoms with Crippen molar-refractivity contribution in [2.45, 2.75) is 43.9 Å². The van der Waals surface area contributed by atoms with Gasteiger partial charge in [-0.3, -0.25) is 9.69 Å². The van der Waals surface area contributed by atoms with Crippen molar-refractivity contribution in [3.05, 3.63) is 65.7 Å². The van der Waals surface area contributed by atoms with Crippen LogP contribution >= 0.6 is 12.4 Å². The normalized spacial score (nSPS) is 22.5. The third-order valence-corrected chi connectivity index (χ3v) is 5.44. The molecule has 7 heteroatoms. The van der Waals surface area contributed by atoms with Gasteiger partial charge in [0.25, 0.3) is 0 Å². The van der Waals surface area contributed by atoms with Crippen LogP contribution in [0.3, 0.4) is 0 Å². The summed E-state index contributed by atoms with van der Waals surface area (Å²) < 4.78 is 5.40. The maximum absolute atomic E-state index is 12.7. The molecule has 1 unspecified atom stereocenters. The maximum Gasteiger partial charge on any atom is 0.410 e. The quantitative estimate of drug-likeness (QED) is 0.780. The summed E-state index contributed by atoms with van der Waals surface area (Å²) in [6.45, 7) is 0.736. The Balaban J connectivity index is 0.00000240. The summed E-state index contributed by atoms with van der Waals surface area (Å²) in [5, 5.41) is 2.92. The molecule has 2 aliphatic rings. The van der Waals surface area contributed by atoms with E-state index in [1.807, 2.05) is 54.6 Å². The lowest BCUT2D eigenvalue weighted by molar-refractivity contribution is -0.120. The number of carbonyl (C=O) groups is 2. The van der Waals surface area contributed by atoms with Gasteiger partial charge in [0.05, 0.1) is 0 Å². The third kappa shape index (κ3) is 5.08. The van der Waals surface area contributed by atoms with Gasteiger partial charge < -0.3 is 15.8 Å². The predicted molar refractivity (Wildman–Crippen MR) is 114 cm³/mol. The summed E-state index contributed by atoms with van der Waals surface area (Å²) in [5.74, 6) is 0.263. The highest BCUT2D eigenvalue weighted by Crippen LogP contribution is 2.39. The van der Waals surface area contributed by atoms with Crippen molar-refractivity contribution >= 4 is 30.1 Å². The lowest BCUT2D eigenvalue weighted by atomic mass is 10.1. The molecule has 0 spiro atoms. The highest BCUT2D eigenvalue weighted by molar-refractivity contribution is 5.96. The van der Waals surface area contributed by atoms with Gasteiger partial charge in [0.15, 0.2) is 0 Å². The number of rotatable bonds is 5. The van der Waals surface area contributed by atoms with Crippen molar-refractivity contribution in [3.8, 4) is 0 Å². The highest BCUT2D eigenvalue weighted by atomic mass is 35.5. The third-order valence-electron chi connectivity index (χ3n) is 5.44. The van der Waals surface area contributed by atoms with Crippen LogP contribution in [0.15, 0.2) is 54.6 Å². The van der Waals surface area contributed by atoms with Crippen LogP contribution in [0.4, 0.5) is 10.5 Å². The van der Waals surface area contributed by atoms with Crippen LogP contribution in [0, 0.1) is 0 Å². The monoisotopic (exact) mass is 415 g/mol. The number of hydrogen-bond donors (Lipinski definition) is 2. The number of halogens is 1. The summed E-state index contributed by atoms with van der Waals surface area (Å²) in [5.41, 5.74) is 8.74. The van der Waals surface area contributed by atoms with Gasteiger partial charge in [-0.05, 0) is 42.5 Å². The van der Waals surface area contributed by atoms with Gasteiger partial charge >= 0.3 is 6.09 Å². The van der Waals surface area contributed by atoms with Gasteiger partial charge in [-0.15, -0.1) is 12.4 Å². The maximum atomic E-state index is 12.7. The molecule has 1 aliphatic heterocycles. The molecule has 1 saturated carbocycles. The van der Waals surface area contributed by atoms with Crippen molar-refractivity contribution in [3.63, 3.8) is 0 Å². The van der Waals surface area contributed by atoms with E-state index in [1.165, 1.54) is 10.5 Å². The summed E-state index contributed by atoms with van der Waals surface area (Å²) in [6, 6.07) is 17.1. The molecule has 0 bridgehead atoms. The fourth-order valence-electron chi connectivity index (χ4n) is 3.70. The largest absolute Gasteiger partial charge is 0.445 e. The van der Waals surface area contributed by atoms with Gasteiger partial charge in [-0.25, -0.2) is 4.79 Å². The topological polar surface area (TPSA) is 84.7 Å². The standard InChI is InChI=1S/C22H25N3O3.ClH/c23-19-13-18(19)16-8-10-17(11-9-16)24-21(26)20-7-4-12-25(20)22(27)28-14-15-5-2-1-3-6-15;/h1-3,5-6,8-11,18-20H,4,7,12-14,23H2,(H,24,26);1H/t18-,19+,20?;/m0./s1. The van der Waals surface area contributed by atoms with Crippen molar-refractivity contribution in [1.82, 2.24) is 4.90 Å². The van der Waals surface area contributed by atoms with Crippen LogP contribution in [0.1, 0.15) is 36.3 Å². The second-order valence-corrected chi connectivity index (χ2v) is 7.51. The number of nitrogens with two attached hydrogens (primary N) is 1. The summed E-state index contributed by atoms with van der Waals surface area (Å²) in [4.78, 5) is 26.7. The number of carbonyl (C=O) groups excluding carboxylic acids is 2. The molecule has 1 saturated heterocycles. The minimum Gasteiger partial charge on any atom is -0.445 e. The first kappa shape index (κ1) is 21.1. The van der Waals surface area contributed by atoms with Gasteiger partial charge in [-0.1, -0.05) is 42.5 Å². The number of anilines is 1. The molecule has 1 aliphatic carbocycles. The zero-order chi connectivity index (χ0) is 19.5.